The molecule has 1 aliphatic carbocycles. The van der Waals surface area contributed by atoms with Crippen LogP contribution in [0.15, 0.2) is 17.7 Å². The first-order valence-electron chi connectivity index (χ1n) is 8.29. The number of nitrogens with zero attached hydrogens (tertiary/aromatic N) is 1. The highest BCUT2D eigenvalue weighted by atomic mass is 16.5. The number of methoxy groups -OCH3 is 1. The molecule has 4 rings (SSSR count). The second kappa shape index (κ2) is 4.76. The van der Waals surface area contributed by atoms with Crippen LogP contribution in [-0.4, -0.2) is 31.7 Å². The van der Waals surface area contributed by atoms with Crippen LogP contribution in [0.25, 0.3) is 0 Å². The number of ether oxygens (including phenoxy) is 2. The maximum atomic E-state index is 6.45. The summed E-state index contributed by atoms with van der Waals surface area (Å²) >= 11 is 0. The normalized spacial score (nSPS) is 30.0. The van der Waals surface area contributed by atoms with Crippen molar-refractivity contribution in [3.05, 3.63) is 34.4 Å². The molecule has 0 N–H and O–H groups in total. The number of hydrogen-bond acceptors (Lipinski definition) is 3. The summed E-state index contributed by atoms with van der Waals surface area (Å²) in [7, 11) is 3.97. The van der Waals surface area contributed by atoms with E-state index in [2.05, 4.69) is 37.9 Å². The molecule has 3 aliphatic rings. The maximum absolute atomic E-state index is 6.45. The van der Waals surface area contributed by atoms with E-state index in [1.807, 2.05) is 0 Å². The van der Waals surface area contributed by atoms with Crippen LogP contribution in [0.1, 0.15) is 42.9 Å². The van der Waals surface area contributed by atoms with E-state index < -0.39 is 0 Å². The van der Waals surface area contributed by atoms with Gasteiger partial charge in [0.15, 0.2) is 11.5 Å². The summed E-state index contributed by atoms with van der Waals surface area (Å²) in [5, 5.41) is 0. The van der Waals surface area contributed by atoms with Crippen molar-refractivity contribution in [1.29, 1.82) is 0 Å². The second-order valence-electron chi connectivity index (χ2n) is 7.24. The number of aryl methyl sites for hydroxylation is 1. The summed E-state index contributed by atoms with van der Waals surface area (Å²) in [5.41, 5.74) is 5.74. The van der Waals surface area contributed by atoms with Crippen molar-refractivity contribution in [1.82, 2.24) is 4.90 Å². The monoisotopic (exact) mass is 299 g/mol. The van der Waals surface area contributed by atoms with Crippen molar-refractivity contribution in [3.63, 3.8) is 0 Å². The van der Waals surface area contributed by atoms with Gasteiger partial charge >= 0.3 is 0 Å². The quantitative estimate of drug-likeness (QED) is 0.740. The summed E-state index contributed by atoms with van der Waals surface area (Å²) in [6.07, 6.45) is 6.18. The third-order valence-electron chi connectivity index (χ3n) is 5.74. The van der Waals surface area contributed by atoms with E-state index in [0.29, 0.717) is 0 Å². The zero-order valence-electron chi connectivity index (χ0n) is 14.0. The first-order chi connectivity index (χ1) is 10.5. The van der Waals surface area contributed by atoms with Gasteiger partial charge in [0.1, 0.15) is 6.10 Å². The lowest BCUT2D eigenvalue weighted by atomic mass is 9.67. The van der Waals surface area contributed by atoms with Crippen LogP contribution in [0.3, 0.4) is 0 Å². The molecule has 2 atom stereocenters. The minimum absolute atomic E-state index is 0.0526. The number of benzene rings is 1. The molecule has 1 unspecified atom stereocenters. The number of allylic oxidation sites excluding steroid dienone is 1. The highest BCUT2D eigenvalue weighted by Crippen LogP contribution is 2.57. The van der Waals surface area contributed by atoms with Crippen molar-refractivity contribution in [2.24, 2.45) is 0 Å². The lowest BCUT2D eigenvalue weighted by Gasteiger charge is -2.36. The van der Waals surface area contributed by atoms with Gasteiger partial charge in [0.05, 0.1) is 12.5 Å². The molecule has 3 heteroatoms. The topological polar surface area (TPSA) is 21.7 Å². The molecule has 3 nitrogen and oxygen atoms in total. The van der Waals surface area contributed by atoms with E-state index in [1.54, 1.807) is 7.11 Å². The van der Waals surface area contributed by atoms with Gasteiger partial charge in [-0.3, -0.25) is 0 Å². The molecular weight excluding hydrogens is 274 g/mol. The van der Waals surface area contributed by atoms with Gasteiger partial charge in [0.2, 0.25) is 0 Å². The summed E-state index contributed by atoms with van der Waals surface area (Å²) < 4.78 is 12.1. The number of rotatable bonds is 1. The van der Waals surface area contributed by atoms with Crippen LogP contribution in [0.2, 0.25) is 0 Å². The van der Waals surface area contributed by atoms with E-state index in [0.717, 1.165) is 43.9 Å². The molecule has 0 radical (unpaired) electrons. The Labute approximate surface area is 132 Å². The largest absolute Gasteiger partial charge is 0.493 e. The highest BCUT2D eigenvalue weighted by molar-refractivity contribution is 5.63. The van der Waals surface area contributed by atoms with Gasteiger partial charge in [-0.1, -0.05) is 11.6 Å². The highest BCUT2D eigenvalue weighted by Gasteiger charge is 2.52. The lowest BCUT2D eigenvalue weighted by molar-refractivity contribution is 0.138. The second-order valence-corrected chi connectivity index (χ2v) is 7.24. The first kappa shape index (κ1) is 14.1. The summed E-state index contributed by atoms with van der Waals surface area (Å²) in [6, 6.07) is 2.15. The standard InChI is InChI=1S/C19H25NO2/c1-12-5-6-16-19(10-12)7-8-20(3)11-14-13(2)9-15(21-4)18(22-16)17(14)19/h9-10,16H,5-8,11H2,1-4H3/t16?,19-/m1/s1. The molecule has 22 heavy (non-hydrogen) atoms. The van der Waals surface area contributed by atoms with E-state index in [9.17, 15) is 0 Å². The van der Waals surface area contributed by atoms with Gasteiger partial charge in [-0.05, 0) is 63.9 Å². The Morgan fingerprint density at radius 1 is 1.36 bits per heavy atom. The van der Waals surface area contributed by atoms with Crippen molar-refractivity contribution < 1.29 is 9.47 Å². The first-order valence-corrected chi connectivity index (χ1v) is 8.29. The molecule has 0 amide bonds. The Morgan fingerprint density at radius 3 is 2.95 bits per heavy atom. The van der Waals surface area contributed by atoms with Crippen LogP contribution in [-0.2, 0) is 12.0 Å². The van der Waals surface area contributed by atoms with Crippen molar-refractivity contribution >= 4 is 0 Å². The fourth-order valence-electron chi connectivity index (χ4n) is 4.62. The van der Waals surface area contributed by atoms with E-state index in [4.69, 9.17) is 9.47 Å². The minimum Gasteiger partial charge on any atom is -0.493 e. The van der Waals surface area contributed by atoms with E-state index in [-0.39, 0.29) is 11.5 Å². The summed E-state index contributed by atoms with van der Waals surface area (Å²) in [4.78, 5) is 2.44. The molecule has 1 aromatic rings. The molecule has 1 spiro atoms. The van der Waals surface area contributed by atoms with Gasteiger partial charge < -0.3 is 14.4 Å². The Morgan fingerprint density at radius 2 is 2.18 bits per heavy atom. The fraction of sp³-hybridized carbons (Fsp3) is 0.579. The van der Waals surface area contributed by atoms with Gasteiger partial charge in [-0.25, -0.2) is 0 Å². The minimum atomic E-state index is 0.0526. The van der Waals surface area contributed by atoms with Crippen molar-refractivity contribution in [2.75, 3.05) is 20.7 Å². The lowest BCUT2D eigenvalue weighted by Crippen LogP contribution is -2.40. The zero-order valence-corrected chi connectivity index (χ0v) is 14.0. The molecule has 0 saturated carbocycles. The molecule has 1 aromatic carbocycles. The average Bonchev–Trinajstić information content (AvgIpc) is 2.74. The van der Waals surface area contributed by atoms with Gasteiger partial charge in [0.25, 0.3) is 0 Å². The molecule has 0 aromatic heterocycles. The molecule has 0 fully saturated rings. The van der Waals surface area contributed by atoms with E-state index in [1.165, 1.54) is 22.3 Å². The van der Waals surface area contributed by atoms with Crippen LogP contribution in [0, 0.1) is 6.92 Å². The predicted molar refractivity (Wildman–Crippen MR) is 87.8 cm³/mol. The zero-order chi connectivity index (χ0) is 15.5. The van der Waals surface area contributed by atoms with Crippen LogP contribution < -0.4 is 9.47 Å². The van der Waals surface area contributed by atoms with Gasteiger partial charge in [-0.15, -0.1) is 0 Å². The Balaban J connectivity index is 2.03. The average molecular weight is 299 g/mol. The SMILES string of the molecule is COc1cc(C)c2c3c1OC1CCC(C)=C[C@@]31CCN(C)C2. The summed E-state index contributed by atoms with van der Waals surface area (Å²) in [5.74, 6) is 1.91. The Hall–Kier alpha value is -1.48. The molecule has 0 bridgehead atoms. The Kier molecular flexibility index (Phi) is 3.06. The number of hydrogen-bond donors (Lipinski definition) is 0. The Bertz CT molecular complexity index is 664. The van der Waals surface area contributed by atoms with Crippen molar-refractivity contribution in [2.45, 2.75) is 51.2 Å². The van der Waals surface area contributed by atoms with Crippen LogP contribution in [0.4, 0.5) is 0 Å². The fourth-order valence-corrected chi connectivity index (χ4v) is 4.62. The maximum Gasteiger partial charge on any atom is 0.166 e. The smallest absolute Gasteiger partial charge is 0.166 e. The van der Waals surface area contributed by atoms with Gasteiger partial charge in [-0.2, -0.15) is 0 Å². The van der Waals surface area contributed by atoms with Crippen molar-refractivity contribution in [3.8, 4) is 11.5 Å². The van der Waals surface area contributed by atoms with Gasteiger partial charge in [0, 0.05) is 12.1 Å². The molecule has 2 heterocycles. The van der Waals surface area contributed by atoms with E-state index >= 15 is 0 Å². The third kappa shape index (κ3) is 1.78. The molecule has 118 valence electrons. The molecular formula is C19H25NO2. The summed E-state index contributed by atoms with van der Waals surface area (Å²) in [6.45, 7) is 6.59. The van der Waals surface area contributed by atoms with Crippen LogP contribution >= 0.6 is 0 Å². The molecule has 2 aliphatic heterocycles. The third-order valence-corrected chi connectivity index (χ3v) is 5.74. The van der Waals surface area contributed by atoms with Crippen LogP contribution in [0.5, 0.6) is 11.5 Å². The predicted octanol–water partition coefficient (Wildman–Crippen LogP) is 3.58. The molecule has 0 saturated heterocycles.